The van der Waals surface area contributed by atoms with Gasteiger partial charge in [-0.2, -0.15) is 5.10 Å². The van der Waals surface area contributed by atoms with E-state index in [0.717, 1.165) is 11.1 Å². The van der Waals surface area contributed by atoms with E-state index in [0.29, 0.717) is 16.5 Å². The number of ether oxygens (including phenoxy) is 2. The molecule has 2 heterocycles. The maximum Gasteiger partial charge on any atom is 0.355 e. The third-order valence-electron chi connectivity index (χ3n) is 5.88. The molecular weight excluding hydrogens is 452 g/mol. The second kappa shape index (κ2) is 8.80. The van der Waals surface area contributed by atoms with E-state index in [2.05, 4.69) is 5.10 Å². The van der Waals surface area contributed by atoms with Crippen molar-refractivity contribution in [1.82, 2.24) is 0 Å². The summed E-state index contributed by atoms with van der Waals surface area (Å²) in [5.74, 6) is -1.49. The molecule has 0 N–H and O–H groups in total. The molecule has 3 aromatic carbocycles. The van der Waals surface area contributed by atoms with Gasteiger partial charge in [0, 0.05) is 10.6 Å². The predicted molar refractivity (Wildman–Crippen MR) is 130 cm³/mol. The van der Waals surface area contributed by atoms with E-state index in [1.165, 1.54) is 5.01 Å². The molecule has 3 aromatic rings. The van der Waals surface area contributed by atoms with Gasteiger partial charge in [-0.3, -0.25) is 0 Å². The number of nitrogens with zero attached hydrogens (tertiary/aromatic N) is 2. The number of hydrazone groups is 1. The van der Waals surface area contributed by atoms with Crippen LogP contribution in [-0.2, 0) is 19.1 Å². The number of benzene rings is 3. The van der Waals surface area contributed by atoms with Crippen molar-refractivity contribution in [3.63, 3.8) is 0 Å². The number of halogens is 1. The Morgan fingerprint density at radius 2 is 1.76 bits per heavy atom. The van der Waals surface area contributed by atoms with Gasteiger partial charge in [-0.05, 0) is 36.8 Å². The first-order valence-corrected chi connectivity index (χ1v) is 11.3. The van der Waals surface area contributed by atoms with Crippen LogP contribution < -0.4 is 5.01 Å². The van der Waals surface area contributed by atoms with E-state index in [1.807, 2.05) is 60.7 Å². The van der Waals surface area contributed by atoms with Crippen molar-refractivity contribution >= 4 is 40.7 Å². The van der Waals surface area contributed by atoms with Gasteiger partial charge in [0.25, 0.3) is 0 Å². The van der Waals surface area contributed by atoms with Gasteiger partial charge < -0.3 is 9.47 Å². The number of hydrogen-bond donors (Lipinski definition) is 0. The largest absolute Gasteiger partial charge is 0.461 e. The number of rotatable bonds is 5. The fourth-order valence-electron chi connectivity index (χ4n) is 4.44. The standard InChI is InChI=1S/C27H21ClN2O4/c1-2-33-25(31)24-23(19-12-7-4-8-13-19)27(30(29-24)21-15-9-14-20(28)16-21)17-22(34-26(27)32)18-10-5-3-6-11-18/h3-17,23H,2H2,1H3/t23-,27+/m1/s1. The van der Waals surface area contributed by atoms with Crippen molar-refractivity contribution in [2.24, 2.45) is 5.10 Å². The average Bonchev–Trinajstić information content (AvgIpc) is 3.38. The molecule has 5 rings (SSSR count). The molecule has 1 spiro atoms. The predicted octanol–water partition coefficient (Wildman–Crippen LogP) is 5.20. The van der Waals surface area contributed by atoms with E-state index in [-0.39, 0.29) is 12.3 Å². The maximum absolute atomic E-state index is 13.8. The molecule has 170 valence electrons. The highest BCUT2D eigenvalue weighted by Gasteiger charge is 2.62. The number of anilines is 1. The van der Waals surface area contributed by atoms with E-state index in [9.17, 15) is 9.59 Å². The number of carbonyl (C=O) groups is 2. The summed E-state index contributed by atoms with van der Waals surface area (Å²) in [6, 6.07) is 25.7. The lowest BCUT2D eigenvalue weighted by atomic mass is 9.76. The van der Waals surface area contributed by atoms with Crippen molar-refractivity contribution in [1.29, 1.82) is 0 Å². The second-order valence-corrected chi connectivity index (χ2v) is 8.37. The molecule has 7 heteroatoms. The molecule has 0 saturated carbocycles. The molecule has 0 aliphatic carbocycles. The van der Waals surface area contributed by atoms with E-state index < -0.39 is 23.4 Å². The molecule has 2 atom stereocenters. The molecule has 0 saturated heterocycles. The van der Waals surface area contributed by atoms with Gasteiger partial charge in [0.2, 0.25) is 0 Å². The number of carbonyl (C=O) groups excluding carboxylic acids is 2. The van der Waals surface area contributed by atoms with Gasteiger partial charge in [0.15, 0.2) is 11.3 Å². The Balaban J connectivity index is 1.76. The van der Waals surface area contributed by atoms with Crippen molar-refractivity contribution in [2.45, 2.75) is 18.4 Å². The third-order valence-corrected chi connectivity index (χ3v) is 6.12. The Bertz CT molecular complexity index is 1310. The molecule has 0 bridgehead atoms. The van der Waals surface area contributed by atoms with Crippen LogP contribution in [0.4, 0.5) is 5.69 Å². The van der Waals surface area contributed by atoms with Crippen LogP contribution in [0.25, 0.3) is 5.76 Å². The Morgan fingerprint density at radius 1 is 1.06 bits per heavy atom. The van der Waals surface area contributed by atoms with Gasteiger partial charge in [-0.15, -0.1) is 0 Å². The Labute approximate surface area is 202 Å². The van der Waals surface area contributed by atoms with Gasteiger partial charge in [0.1, 0.15) is 5.76 Å². The molecule has 2 aliphatic rings. The van der Waals surface area contributed by atoms with Crippen LogP contribution in [0.1, 0.15) is 24.0 Å². The number of hydrogen-bond acceptors (Lipinski definition) is 6. The molecule has 0 aromatic heterocycles. The first-order valence-electron chi connectivity index (χ1n) is 10.9. The summed E-state index contributed by atoms with van der Waals surface area (Å²) in [4.78, 5) is 26.9. The minimum absolute atomic E-state index is 0.121. The summed E-state index contributed by atoms with van der Waals surface area (Å²) in [5, 5.41) is 6.66. The first kappa shape index (κ1) is 21.9. The van der Waals surface area contributed by atoms with Crippen LogP contribution in [0, 0.1) is 0 Å². The molecule has 0 fully saturated rings. The quantitative estimate of drug-likeness (QED) is 0.477. The lowest BCUT2D eigenvalue weighted by molar-refractivity contribution is -0.139. The zero-order valence-electron chi connectivity index (χ0n) is 18.4. The second-order valence-electron chi connectivity index (χ2n) is 7.93. The summed E-state index contributed by atoms with van der Waals surface area (Å²) in [7, 11) is 0. The van der Waals surface area contributed by atoms with Crippen LogP contribution in [0.5, 0.6) is 0 Å². The number of cyclic esters (lactones) is 1. The summed E-state index contributed by atoms with van der Waals surface area (Å²) < 4.78 is 11.2. The Kier molecular flexibility index (Phi) is 5.67. The van der Waals surface area contributed by atoms with E-state index in [4.69, 9.17) is 21.1 Å². The highest BCUT2D eigenvalue weighted by atomic mass is 35.5. The molecule has 2 aliphatic heterocycles. The molecule has 34 heavy (non-hydrogen) atoms. The molecule has 6 nitrogen and oxygen atoms in total. The van der Waals surface area contributed by atoms with Gasteiger partial charge in [-0.1, -0.05) is 78.3 Å². The molecular formula is C27H21ClN2O4. The summed E-state index contributed by atoms with van der Waals surface area (Å²) in [5.41, 5.74) is 0.710. The smallest absolute Gasteiger partial charge is 0.355 e. The zero-order valence-corrected chi connectivity index (χ0v) is 19.1. The summed E-state index contributed by atoms with van der Waals surface area (Å²) >= 11 is 6.28. The highest BCUT2D eigenvalue weighted by molar-refractivity contribution is 6.41. The fraction of sp³-hybridized carbons (Fsp3) is 0.148. The minimum atomic E-state index is -1.45. The lowest BCUT2D eigenvalue weighted by Crippen LogP contribution is -2.51. The Hall–Kier alpha value is -3.90. The van der Waals surface area contributed by atoms with Crippen molar-refractivity contribution in [2.75, 3.05) is 11.6 Å². The maximum atomic E-state index is 13.8. The minimum Gasteiger partial charge on any atom is -0.461 e. The Morgan fingerprint density at radius 3 is 2.44 bits per heavy atom. The SMILES string of the molecule is CCOC(=O)C1=NN(c2cccc(Cl)c2)[C@@]2(C=C(c3ccccc3)OC2=O)[C@@H]1c1ccccc1. The lowest BCUT2D eigenvalue weighted by Gasteiger charge is -2.34. The van der Waals surface area contributed by atoms with Crippen molar-refractivity contribution in [3.8, 4) is 0 Å². The van der Waals surface area contributed by atoms with Gasteiger partial charge >= 0.3 is 11.9 Å². The first-order chi connectivity index (χ1) is 16.5. The zero-order chi connectivity index (χ0) is 23.7. The summed E-state index contributed by atoms with van der Waals surface area (Å²) in [6.45, 7) is 1.91. The molecule has 0 radical (unpaired) electrons. The van der Waals surface area contributed by atoms with Crippen molar-refractivity contribution < 1.29 is 19.1 Å². The highest BCUT2D eigenvalue weighted by Crippen LogP contribution is 2.50. The van der Waals surface area contributed by atoms with Crippen molar-refractivity contribution in [3.05, 3.63) is 107 Å². The van der Waals surface area contributed by atoms with Crippen LogP contribution in [0.2, 0.25) is 5.02 Å². The normalized spacial score (nSPS) is 21.3. The number of esters is 2. The van der Waals surface area contributed by atoms with E-state index in [1.54, 1.807) is 37.3 Å². The monoisotopic (exact) mass is 472 g/mol. The molecule has 0 unspecified atom stereocenters. The van der Waals surface area contributed by atoms with Crippen LogP contribution in [0.3, 0.4) is 0 Å². The van der Waals surface area contributed by atoms with E-state index >= 15 is 0 Å². The fourth-order valence-corrected chi connectivity index (χ4v) is 4.63. The van der Waals surface area contributed by atoms with Gasteiger partial charge in [0.05, 0.1) is 18.2 Å². The van der Waals surface area contributed by atoms with Crippen LogP contribution in [0.15, 0.2) is 96.1 Å². The summed E-state index contributed by atoms with van der Waals surface area (Å²) in [6.07, 6.45) is 1.75. The molecule has 0 amide bonds. The van der Waals surface area contributed by atoms with Crippen LogP contribution in [-0.4, -0.2) is 29.8 Å². The average molecular weight is 473 g/mol. The third kappa shape index (κ3) is 3.56. The van der Waals surface area contributed by atoms with Gasteiger partial charge in [-0.25, -0.2) is 14.6 Å². The topological polar surface area (TPSA) is 68.2 Å². The van der Waals surface area contributed by atoms with Crippen LogP contribution >= 0.6 is 11.6 Å².